The zero-order chi connectivity index (χ0) is 9.47. The average Bonchev–Trinajstić information content (AvgIpc) is 2.59. The quantitative estimate of drug-likeness (QED) is 0.609. The molecule has 13 heavy (non-hydrogen) atoms. The Hall–Kier alpha value is -0.660. The Balaban J connectivity index is 2.36. The van der Waals surface area contributed by atoms with E-state index in [1.165, 1.54) is 0 Å². The molecule has 0 heterocycles. The molecule has 0 aliphatic heterocycles. The van der Waals surface area contributed by atoms with Crippen LogP contribution in [0.15, 0.2) is 0 Å². The SMILES string of the molecule is CC(=O)[C@@]12CCC[C@@H]1CCC2C=O. The molecule has 0 aromatic carbocycles. The van der Waals surface area contributed by atoms with Crippen LogP contribution in [-0.2, 0) is 9.59 Å². The first-order chi connectivity index (χ1) is 6.21. The number of carbonyl (C=O) groups is 2. The van der Waals surface area contributed by atoms with Gasteiger partial charge in [0.2, 0.25) is 0 Å². The molecule has 1 unspecified atom stereocenters. The van der Waals surface area contributed by atoms with Gasteiger partial charge >= 0.3 is 0 Å². The van der Waals surface area contributed by atoms with Crippen molar-refractivity contribution in [1.82, 2.24) is 0 Å². The molecule has 2 nitrogen and oxygen atoms in total. The Morgan fingerprint density at radius 2 is 2.15 bits per heavy atom. The minimum absolute atomic E-state index is 0.0255. The van der Waals surface area contributed by atoms with E-state index in [2.05, 4.69) is 0 Å². The van der Waals surface area contributed by atoms with Gasteiger partial charge in [0, 0.05) is 11.3 Å². The van der Waals surface area contributed by atoms with Gasteiger partial charge in [0.05, 0.1) is 0 Å². The van der Waals surface area contributed by atoms with Crippen LogP contribution in [0.4, 0.5) is 0 Å². The van der Waals surface area contributed by atoms with Crippen LogP contribution in [0.2, 0.25) is 0 Å². The highest BCUT2D eigenvalue weighted by Crippen LogP contribution is 2.57. The van der Waals surface area contributed by atoms with E-state index in [0.717, 1.165) is 38.4 Å². The van der Waals surface area contributed by atoms with E-state index >= 15 is 0 Å². The molecule has 3 atom stereocenters. The minimum atomic E-state index is -0.234. The minimum Gasteiger partial charge on any atom is -0.303 e. The zero-order valence-electron chi connectivity index (χ0n) is 8.08. The lowest BCUT2D eigenvalue weighted by Crippen LogP contribution is -2.36. The average molecular weight is 180 g/mol. The summed E-state index contributed by atoms with van der Waals surface area (Å²) in [4.78, 5) is 22.6. The fraction of sp³-hybridized carbons (Fsp3) is 0.818. The Labute approximate surface area is 78.7 Å². The smallest absolute Gasteiger partial charge is 0.136 e. The second-order valence-corrected chi connectivity index (χ2v) is 4.51. The maximum absolute atomic E-state index is 11.7. The summed E-state index contributed by atoms with van der Waals surface area (Å²) in [6.45, 7) is 1.67. The summed E-state index contributed by atoms with van der Waals surface area (Å²) in [7, 11) is 0. The molecule has 2 saturated carbocycles. The third kappa shape index (κ3) is 1.01. The molecule has 72 valence electrons. The molecule has 2 aliphatic rings. The molecule has 0 saturated heterocycles. The zero-order valence-corrected chi connectivity index (χ0v) is 8.08. The summed E-state index contributed by atoms with van der Waals surface area (Å²) in [6.07, 6.45) is 6.29. The first-order valence-corrected chi connectivity index (χ1v) is 5.18. The molecule has 2 heteroatoms. The van der Waals surface area contributed by atoms with Crippen LogP contribution in [0.3, 0.4) is 0 Å². The number of Topliss-reactive ketones (excluding diaryl/α,β-unsaturated/α-hetero) is 1. The van der Waals surface area contributed by atoms with E-state index in [4.69, 9.17) is 0 Å². The van der Waals surface area contributed by atoms with Crippen LogP contribution in [0.25, 0.3) is 0 Å². The van der Waals surface area contributed by atoms with Crippen LogP contribution in [0.1, 0.15) is 39.0 Å². The highest BCUT2D eigenvalue weighted by molar-refractivity contribution is 5.87. The first kappa shape index (κ1) is 8.92. The van der Waals surface area contributed by atoms with Crippen molar-refractivity contribution in [3.8, 4) is 0 Å². The van der Waals surface area contributed by atoms with Gasteiger partial charge in [-0.3, -0.25) is 4.79 Å². The third-order valence-electron chi connectivity index (χ3n) is 4.18. The summed E-state index contributed by atoms with van der Waals surface area (Å²) in [5.41, 5.74) is -0.234. The lowest BCUT2D eigenvalue weighted by molar-refractivity contribution is -0.133. The number of hydrogen-bond donors (Lipinski definition) is 0. The van der Waals surface area contributed by atoms with Gasteiger partial charge < -0.3 is 4.79 Å². The summed E-state index contributed by atoms with van der Waals surface area (Å²) in [5, 5.41) is 0. The van der Waals surface area contributed by atoms with Gasteiger partial charge in [0.25, 0.3) is 0 Å². The summed E-state index contributed by atoms with van der Waals surface area (Å²) < 4.78 is 0. The van der Waals surface area contributed by atoms with Gasteiger partial charge in [0.1, 0.15) is 12.1 Å². The monoisotopic (exact) mass is 180 g/mol. The maximum atomic E-state index is 11.7. The van der Waals surface area contributed by atoms with Gasteiger partial charge in [-0.05, 0) is 38.5 Å². The third-order valence-corrected chi connectivity index (χ3v) is 4.18. The number of fused-ring (bicyclic) bond motifs is 1. The largest absolute Gasteiger partial charge is 0.303 e. The number of ketones is 1. The molecule has 0 radical (unpaired) electrons. The van der Waals surface area contributed by atoms with Crippen LogP contribution < -0.4 is 0 Å². The molecule has 2 rings (SSSR count). The predicted octanol–water partition coefficient (Wildman–Crippen LogP) is 1.97. The van der Waals surface area contributed by atoms with Crippen molar-refractivity contribution in [2.45, 2.75) is 39.0 Å². The van der Waals surface area contributed by atoms with Crippen molar-refractivity contribution >= 4 is 12.1 Å². The standard InChI is InChI=1S/C11H16O2/c1-8(13)11-6-2-3-9(11)4-5-10(11)7-12/h7,9-10H,2-6H2,1H3/t9-,10?,11+/m1/s1. The Kier molecular flexibility index (Phi) is 2.01. The topological polar surface area (TPSA) is 34.1 Å². The number of carbonyl (C=O) groups excluding carboxylic acids is 2. The molecule has 0 spiro atoms. The number of rotatable bonds is 2. The molecular weight excluding hydrogens is 164 g/mol. The molecule has 0 amide bonds. The van der Waals surface area contributed by atoms with E-state index in [1.54, 1.807) is 6.92 Å². The van der Waals surface area contributed by atoms with Gasteiger partial charge in [-0.2, -0.15) is 0 Å². The van der Waals surface area contributed by atoms with E-state index in [9.17, 15) is 9.59 Å². The molecule has 0 aromatic rings. The summed E-state index contributed by atoms with van der Waals surface area (Å²) >= 11 is 0. The maximum Gasteiger partial charge on any atom is 0.136 e. The van der Waals surface area contributed by atoms with Gasteiger partial charge in [0.15, 0.2) is 0 Å². The van der Waals surface area contributed by atoms with E-state index in [1.807, 2.05) is 0 Å². The molecule has 0 N–H and O–H groups in total. The molecule has 2 fully saturated rings. The second-order valence-electron chi connectivity index (χ2n) is 4.51. The first-order valence-electron chi connectivity index (χ1n) is 5.18. The number of hydrogen-bond acceptors (Lipinski definition) is 2. The van der Waals surface area contributed by atoms with E-state index < -0.39 is 0 Å². The van der Waals surface area contributed by atoms with Crippen molar-refractivity contribution in [2.75, 3.05) is 0 Å². The lowest BCUT2D eigenvalue weighted by atomic mass is 9.71. The van der Waals surface area contributed by atoms with Crippen molar-refractivity contribution in [3.05, 3.63) is 0 Å². The summed E-state index contributed by atoms with van der Waals surface area (Å²) in [6, 6.07) is 0. The van der Waals surface area contributed by atoms with Crippen LogP contribution >= 0.6 is 0 Å². The normalized spacial score (nSPS) is 43.2. The fourth-order valence-electron chi connectivity index (χ4n) is 3.55. The van der Waals surface area contributed by atoms with Crippen LogP contribution in [-0.4, -0.2) is 12.1 Å². The number of aldehydes is 1. The second kappa shape index (κ2) is 2.93. The van der Waals surface area contributed by atoms with Crippen molar-refractivity contribution in [2.24, 2.45) is 17.3 Å². The van der Waals surface area contributed by atoms with E-state index in [-0.39, 0.29) is 17.1 Å². The van der Waals surface area contributed by atoms with Gasteiger partial charge in [-0.25, -0.2) is 0 Å². The molecule has 0 bridgehead atoms. The molecular formula is C11H16O2. The van der Waals surface area contributed by atoms with Crippen LogP contribution in [0, 0.1) is 17.3 Å². The van der Waals surface area contributed by atoms with Crippen molar-refractivity contribution in [3.63, 3.8) is 0 Å². The highest BCUT2D eigenvalue weighted by Gasteiger charge is 2.55. The highest BCUT2D eigenvalue weighted by atomic mass is 16.1. The van der Waals surface area contributed by atoms with Gasteiger partial charge in [-0.1, -0.05) is 6.42 Å². The van der Waals surface area contributed by atoms with Crippen molar-refractivity contribution in [1.29, 1.82) is 0 Å². The lowest BCUT2D eigenvalue weighted by Gasteiger charge is -2.29. The molecule has 0 aromatic heterocycles. The summed E-state index contributed by atoms with van der Waals surface area (Å²) in [5.74, 6) is 0.794. The van der Waals surface area contributed by atoms with Crippen LogP contribution in [0.5, 0.6) is 0 Å². The fourth-order valence-corrected chi connectivity index (χ4v) is 3.55. The Morgan fingerprint density at radius 1 is 1.38 bits per heavy atom. The Morgan fingerprint density at radius 3 is 2.77 bits per heavy atom. The van der Waals surface area contributed by atoms with E-state index in [0.29, 0.717) is 5.92 Å². The van der Waals surface area contributed by atoms with Crippen molar-refractivity contribution < 1.29 is 9.59 Å². The molecule has 2 aliphatic carbocycles. The van der Waals surface area contributed by atoms with Gasteiger partial charge in [-0.15, -0.1) is 0 Å². The Bertz CT molecular complexity index is 246. The predicted molar refractivity (Wildman–Crippen MR) is 49.2 cm³/mol.